The molecule has 1 aliphatic carbocycles. The Hall–Kier alpha value is -1.06. The quantitative estimate of drug-likeness (QED) is 0.797. The zero-order chi connectivity index (χ0) is 14.5. The Bertz CT molecular complexity index is 301. The van der Waals surface area contributed by atoms with Gasteiger partial charge in [0.2, 0.25) is 0 Å². The van der Waals surface area contributed by atoms with Crippen molar-refractivity contribution >= 4 is 12.4 Å². The van der Waals surface area contributed by atoms with E-state index in [-0.39, 0.29) is 18.1 Å². The van der Waals surface area contributed by atoms with Crippen LogP contribution < -0.4 is 5.32 Å². The van der Waals surface area contributed by atoms with Gasteiger partial charge in [0.25, 0.3) is 0 Å². The van der Waals surface area contributed by atoms with Gasteiger partial charge in [0, 0.05) is 12.0 Å². The molecule has 0 heterocycles. The number of nitrogens with one attached hydrogen (secondary N) is 1. The molecule has 0 spiro atoms. The van der Waals surface area contributed by atoms with Gasteiger partial charge in [-0.25, -0.2) is 4.79 Å². The van der Waals surface area contributed by atoms with E-state index in [0.717, 1.165) is 38.4 Å². The molecule has 0 aromatic heterocycles. The summed E-state index contributed by atoms with van der Waals surface area (Å²) < 4.78 is 5.30. The molecule has 0 bridgehead atoms. The van der Waals surface area contributed by atoms with Crippen LogP contribution in [0.5, 0.6) is 0 Å². The largest absolute Gasteiger partial charge is 0.444 e. The molecule has 0 aliphatic heterocycles. The summed E-state index contributed by atoms with van der Waals surface area (Å²) in [6, 6.07) is 0.155. The van der Waals surface area contributed by atoms with Crippen molar-refractivity contribution in [1.29, 1.82) is 0 Å². The highest BCUT2D eigenvalue weighted by Crippen LogP contribution is 2.30. The fourth-order valence-corrected chi connectivity index (χ4v) is 2.70. The highest BCUT2D eigenvalue weighted by molar-refractivity contribution is 5.68. The maximum Gasteiger partial charge on any atom is 0.407 e. The molecular formula is C15H27NO3. The summed E-state index contributed by atoms with van der Waals surface area (Å²) in [6.07, 6.45) is 5.54. The van der Waals surface area contributed by atoms with Crippen molar-refractivity contribution < 1.29 is 14.3 Å². The molecule has 0 aromatic rings. The number of rotatable bonds is 4. The number of aldehydes is 1. The van der Waals surface area contributed by atoms with E-state index in [1.54, 1.807) is 0 Å². The summed E-state index contributed by atoms with van der Waals surface area (Å²) in [7, 11) is 0. The first-order chi connectivity index (χ1) is 8.85. The van der Waals surface area contributed by atoms with E-state index >= 15 is 0 Å². The van der Waals surface area contributed by atoms with E-state index in [1.165, 1.54) is 0 Å². The minimum atomic E-state index is -0.461. The van der Waals surface area contributed by atoms with Crippen molar-refractivity contribution in [2.24, 2.45) is 11.8 Å². The fourth-order valence-electron chi connectivity index (χ4n) is 2.70. The minimum absolute atomic E-state index is 0.155. The van der Waals surface area contributed by atoms with Crippen LogP contribution in [0.1, 0.15) is 59.8 Å². The zero-order valence-corrected chi connectivity index (χ0v) is 12.6. The van der Waals surface area contributed by atoms with Crippen LogP contribution in [0.3, 0.4) is 0 Å². The minimum Gasteiger partial charge on any atom is -0.444 e. The van der Waals surface area contributed by atoms with Crippen molar-refractivity contribution in [3.63, 3.8) is 0 Å². The summed E-state index contributed by atoms with van der Waals surface area (Å²) in [4.78, 5) is 22.6. The van der Waals surface area contributed by atoms with Crippen LogP contribution in [0, 0.1) is 11.8 Å². The molecular weight excluding hydrogens is 242 g/mol. The lowest BCUT2D eigenvalue weighted by Crippen LogP contribution is -2.43. The Kier molecular flexibility index (Phi) is 5.83. The van der Waals surface area contributed by atoms with E-state index < -0.39 is 5.60 Å². The number of carbonyl (C=O) groups excluding carboxylic acids is 2. The maximum absolute atomic E-state index is 11.8. The second-order valence-electron chi connectivity index (χ2n) is 6.47. The van der Waals surface area contributed by atoms with Gasteiger partial charge < -0.3 is 14.8 Å². The summed E-state index contributed by atoms with van der Waals surface area (Å²) in [5, 5.41) is 2.98. The molecule has 1 rings (SSSR count). The van der Waals surface area contributed by atoms with Crippen LogP contribution in [0.25, 0.3) is 0 Å². The van der Waals surface area contributed by atoms with Crippen LogP contribution in [0.4, 0.5) is 4.79 Å². The van der Waals surface area contributed by atoms with Gasteiger partial charge in [-0.05, 0) is 58.8 Å². The smallest absolute Gasteiger partial charge is 0.407 e. The molecule has 1 N–H and O–H groups in total. The SMILES string of the molecule is CCC(NC(=O)OC(C)(C)C)C1CCC(C=O)CC1. The molecule has 1 saturated carbocycles. The molecule has 1 aliphatic rings. The lowest BCUT2D eigenvalue weighted by atomic mass is 9.78. The predicted octanol–water partition coefficient (Wildman–Crippen LogP) is 3.30. The van der Waals surface area contributed by atoms with Gasteiger partial charge in [0.1, 0.15) is 11.9 Å². The summed E-state index contributed by atoms with van der Waals surface area (Å²) in [5.41, 5.74) is -0.461. The number of ether oxygens (including phenoxy) is 1. The number of hydrogen-bond acceptors (Lipinski definition) is 3. The second-order valence-corrected chi connectivity index (χ2v) is 6.47. The van der Waals surface area contributed by atoms with Crippen molar-refractivity contribution in [2.45, 2.75) is 71.4 Å². The number of alkyl carbamates (subject to hydrolysis) is 1. The standard InChI is InChI=1S/C15H27NO3/c1-5-13(16-14(18)19-15(2,3)4)12-8-6-11(10-17)7-9-12/h10-13H,5-9H2,1-4H3,(H,16,18). The summed E-state index contributed by atoms with van der Waals surface area (Å²) in [5.74, 6) is 0.684. The third-order valence-electron chi connectivity index (χ3n) is 3.72. The summed E-state index contributed by atoms with van der Waals surface area (Å²) in [6.45, 7) is 7.67. The Morgan fingerprint density at radius 1 is 1.32 bits per heavy atom. The number of amides is 1. The molecule has 1 amide bonds. The van der Waals surface area contributed by atoms with Crippen LogP contribution >= 0.6 is 0 Å². The monoisotopic (exact) mass is 269 g/mol. The van der Waals surface area contributed by atoms with Gasteiger partial charge >= 0.3 is 6.09 Å². The molecule has 0 aromatic carbocycles. The van der Waals surface area contributed by atoms with Gasteiger partial charge in [-0.2, -0.15) is 0 Å². The van der Waals surface area contributed by atoms with E-state index in [9.17, 15) is 9.59 Å². The molecule has 4 heteroatoms. The van der Waals surface area contributed by atoms with Crippen LogP contribution in [0.2, 0.25) is 0 Å². The fraction of sp³-hybridized carbons (Fsp3) is 0.867. The normalized spacial score (nSPS) is 25.5. The third-order valence-corrected chi connectivity index (χ3v) is 3.72. The van der Waals surface area contributed by atoms with Crippen LogP contribution in [-0.4, -0.2) is 24.0 Å². The molecule has 0 radical (unpaired) electrons. The Morgan fingerprint density at radius 3 is 2.32 bits per heavy atom. The Morgan fingerprint density at radius 2 is 1.89 bits per heavy atom. The average Bonchev–Trinajstić information content (AvgIpc) is 2.34. The van der Waals surface area contributed by atoms with Crippen molar-refractivity contribution in [2.75, 3.05) is 0 Å². The lowest BCUT2D eigenvalue weighted by Gasteiger charge is -2.32. The first-order valence-electron chi connectivity index (χ1n) is 7.30. The van der Waals surface area contributed by atoms with Crippen LogP contribution in [0.15, 0.2) is 0 Å². The van der Waals surface area contributed by atoms with Gasteiger partial charge in [-0.15, -0.1) is 0 Å². The summed E-state index contributed by atoms with van der Waals surface area (Å²) >= 11 is 0. The highest BCUT2D eigenvalue weighted by Gasteiger charge is 2.28. The topological polar surface area (TPSA) is 55.4 Å². The van der Waals surface area contributed by atoms with Crippen LogP contribution in [-0.2, 0) is 9.53 Å². The van der Waals surface area contributed by atoms with Crippen molar-refractivity contribution in [3.8, 4) is 0 Å². The Labute approximate surface area is 116 Å². The van der Waals surface area contributed by atoms with Crippen molar-refractivity contribution in [3.05, 3.63) is 0 Å². The van der Waals surface area contributed by atoms with Gasteiger partial charge in [0.05, 0.1) is 0 Å². The van der Waals surface area contributed by atoms with Gasteiger partial charge in [-0.3, -0.25) is 0 Å². The number of hydrogen-bond donors (Lipinski definition) is 1. The molecule has 1 fully saturated rings. The third kappa shape index (κ3) is 5.62. The molecule has 4 nitrogen and oxygen atoms in total. The average molecular weight is 269 g/mol. The lowest BCUT2D eigenvalue weighted by molar-refractivity contribution is -0.112. The van der Waals surface area contributed by atoms with Crippen molar-refractivity contribution in [1.82, 2.24) is 5.32 Å². The molecule has 0 saturated heterocycles. The molecule has 19 heavy (non-hydrogen) atoms. The van der Waals surface area contributed by atoms with E-state index in [2.05, 4.69) is 12.2 Å². The first kappa shape index (κ1) is 16.0. The number of carbonyl (C=O) groups is 2. The molecule has 110 valence electrons. The van der Waals surface area contributed by atoms with Gasteiger partial charge in [0.15, 0.2) is 0 Å². The second kappa shape index (κ2) is 6.92. The van der Waals surface area contributed by atoms with E-state index in [0.29, 0.717) is 5.92 Å². The Balaban J connectivity index is 2.45. The van der Waals surface area contributed by atoms with Gasteiger partial charge in [-0.1, -0.05) is 6.92 Å². The molecule has 1 atom stereocenters. The zero-order valence-electron chi connectivity index (χ0n) is 12.6. The highest BCUT2D eigenvalue weighted by atomic mass is 16.6. The maximum atomic E-state index is 11.8. The predicted molar refractivity (Wildman–Crippen MR) is 75.0 cm³/mol. The van der Waals surface area contributed by atoms with E-state index in [4.69, 9.17) is 4.74 Å². The molecule has 1 unspecified atom stereocenters. The first-order valence-corrected chi connectivity index (χ1v) is 7.30. The van der Waals surface area contributed by atoms with E-state index in [1.807, 2.05) is 20.8 Å².